The topological polar surface area (TPSA) is 101 Å². The highest BCUT2D eigenvalue weighted by atomic mass is 32.2. The molecule has 7 rings (SSSR count). The smallest absolute Gasteiger partial charge is 0.146 e. The monoisotopic (exact) mass is 1030 g/mol. The number of piperidine rings is 1. The van der Waals surface area contributed by atoms with Gasteiger partial charge in [-0.05, 0) is 82.4 Å². The number of hydrogen-bond acceptors (Lipinski definition) is 11. The van der Waals surface area contributed by atoms with Gasteiger partial charge in [-0.1, -0.05) is 207 Å². The van der Waals surface area contributed by atoms with Crippen LogP contribution in [0.25, 0.3) is 0 Å². The van der Waals surface area contributed by atoms with Crippen molar-refractivity contribution in [1.82, 2.24) is 16.1 Å². The Balaban J connectivity index is -0.0000000393. The van der Waals surface area contributed by atoms with E-state index in [1.54, 1.807) is 0 Å². The normalized spacial score (nSPS) is 15.5. The molecule has 3 N–H and O–H groups in total. The van der Waals surface area contributed by atoms with Crippen LogP contribution in [0.15, 0.2) is 0 Å². The predicted molar refractivity (Wildman–Crippen MR) is 327 cm³/mol. The minimum Gasteiger partial charge on any atom is -0.381 e. The van der Waals surface area contributed by atoms with Crippen molar-refractivity contribution >= 4 is 11.8 Å². The first kappa shape index (κ1) is 105. The molecule has 7 aliphatic rings. The summed E-state index contributed by atoms with van der Waals surface area (Å²) in [6, 6.07) is 0. The third-order valence-corrected chi connectivity index (χ3v) is 7.48. The number of hydrogen-bond donors (Lipinski definition) is 3. The van der Waals surface area contributed by atoms with Crippen LogP contribution in [-0.4, -0.2) is 124 Å². The average Bonchev–Trinajstić information content (AvgIpc) is 4.15. The van der Waals surface area contributed by atoms with Crippen molar-refractivity contribution in [3.05, 3.63) is 0 Å². The van der Waals surface area contributed by atoms with Crippen molar-refractivity contribution in [2.24, 2.45) is 0 Å². The number of hydroxylamine groups is 1. The second kappa shape index (κ2) is 182. The summed E-state index contributed by atoms with van der Waals surface area (Å²) in [7, 11) is 0. The second-order valence-electron chi connectivity index (χ2n) is 10.1. The Bertz CT molecular complexity index is 299. The number of nitrogens with one attached hydrogen (secondary N) is 3. The molecule has 0 aromatic rings. The molecule has 0 saturated carbocycles. The lowest BCUT2D eigenvalue weighted by Gasteiger charge is -2.10. The van der Waals surface area contributed by atoms with Gasteiger partial charge in [0, 0.05) is 32.8 Å². The zero-order chi connectivity index (χ0) is 57.0. The minimum absolute atomic E-state index is 0.500. The lowest BCUT2D eigenvalue weighted by molar-refractivity contribution is -0.0963. The van der Waals surface area contributed by atoms with Crippen LogP contribution in [-0.2, 0) is 33.3 Å². The molecule has 7 heterocycles. The first-order valence-corrected chi connectivity index (χ1v) is 31.5. The summed E-state index contributed by atoms with van der Waals surface area (Å²) >= 11 is 2.09. The van der Waals surface area contributed by atoms with Crippen LogP contribution in [0.3, 0.4) is 0 Å². The van der Waals surface area contributed by atoms with Gasteiger partial charge in [0.1, 0.15) is 6.79 Å². The Morgan fingerprint density at radius 3 is 0.638 bits per heavy atom. The van der Waals surface area contributed by atoms with E-state index in [0.29, 0.717) is 6.79 Å². The number of morpholine rings is 1. The Morgan fingerprint density at radius 2 is 0.536 bits per heavy atom. The molecule has 0 amide bonds. The summed E-state index contributed by atoms with van der Waals surface area (Å²) in [5.41, 5.74) is 2.72. The molecule has 7 aliphatic heterocycles. The highest BCUT2D eigenvalue weighted by molar-refractivity contribution is 7.99. The van der Waals surface area contributed by atoms with E-state index in [1.165, 1.54) is 88.8 Å². The maximum absolute atomic E-state index is 5.07. The van der Waals surface area contributed by atoms with Crippen LogP contribution in [0.2, 0.25) is 0 Å². The molecule has 0 unspecified atom stereocenters. The van der Waals surface area contributed by atoms with E-state index < -0.39 is 0 Å². The van der Waals surface area contributed by atoms with Crippen LogP contribution in [0, 0.1) is 0 Å². The van der Waals surface area contributed by atoms with Crippen molar-refractivity contribution in [1.29, 1.82) is 0 Å². The molecular formula is C58H147N3O7S. The van der Waals surface area contributed by atoms with E-state index in [0.717, 1.165) is 98.7 Å². The van der Waals surface area contributed by atoms with Gasteiger partial charge in [-0.25, -0.2) is 5.48 Å². The van der Waals surface area contributed by atoms with Gasteiger partial charge >= 0.3 is 0 Å². The molecule has 0 atom stereocenters. The highest BCUT2D eigenvalue weighted by Gasteiger charge is 1.97. The van der Waals surface area contributed by atoms with Gasteiger partial charge < -0.3 is 43.9 Å². The van der Waals surface area contributed by atoms with Crippen LogP contribution in [0.1, 0.15) is 264 Å². The number of ether oxygens (including phenoxy) is 6. The van der Waals surface area contributed by atoms with Gasteiger partial charge in [0.2, 0.25) is 0 Å². The van der Waals surface area contributed by atoms with Crippen molar-refractivity contribution in [2.75, 3.05) is 124 Å². The molecule has 11 heteroatoms. The standard InChI is InChI=1S/C5H11N.C5H10O.C5H10S.C4H9NO.2C4H8O2.C3H7NO.14C2H6/c3*1-2-4-6-5-3-1;1-3-6-4-2-5-1;1-2-6-4-3-5-1;1-2-5-4-6-3-1;1-2-4-5-3-1;14*1-2/h6H,1-5H2;2*1-5H2;5H,1-4H2;2*1-4H2;4H,1-3H2;14*1-2H3. The van der Waals surface area contributed by atoms with Gasteiger partial charge in [0.25, 0.3) is 0 Å². The fourth-order valence-corrected chi connectivity index (χ4v) is 4.95. The summed E-state index contributed by atoms with van der Waals surface area (Å²) in [5.74, 6) is 2.83. The predicted octanol–water partition coefficient (Wildman–Crippen LogP) is 18.1. The minimum atomic E-state index is 0.500. The van der Waals surface area contributed by atoms with E-state index in [1.807, 2.05) is 194 Å². The average molecular weight is 1030 g/mol. The second-order valence-corrected chi connectivity index (χ2v) is 11.4. The van der Waals surface area contributed by atoms with E-state index >= 15 is 0 Å². The Morgan fingerprint density at radius 1 is 0.232 bits per heavy atom. The van der Waals surface area contributed by atoms with E-state index in [-0.39, 0.29) is 0 Å². The summed E-state index contributed by atoms with van der Waals surface area (Å²) in [5, 5.41) is 6.44. The number of rotatable bonds is 0. The van der Waals surface area contributed by atoms with Crippen LogP contribution in [0.5, 0.6) is 0 Å². The van der Waals surface area contributed by atoms with E-state index in [2.05, 4.69) is 27.9 Å². The van der Waals surface area contributed by atoms with E-state index in [9.17, 15) is 0 Å². The molecule has 7 saturated heterocycles. The third-order valence-electron chi connectivity index (χ3n) is 6.32. The molecule has 0 aromatic carbocycles. The van der Waals surface area contributed by atoms with Gasteiger partial charge in [0.05, 0.1) is 59.5 Å². The quantitative estimate of drug-likeness (QED) is 0.216. The molecule has 0 radical (unpaired) electrons. The first-order valence-electron chi connectivity index (χ1n) is 30.3. The lowest BCUT2D eigenvalue weighted by Crippen LogP contribution is -2.30. The van der Waals surface area contributed by atoms with E-state index in [4.69, 9.17) is 33.3 Å². The molecule has 0 bridgehead atoms. The van der Waals surface area contributed by atoms with Crippen LogP contribution < -0.4 is 16.1 Å². The first-order chi connectivity index (χ1) is 34.5. The van der Waals surface area contributed by atoms with Crippen molar-refractivity contribution in [2.45, 2.75) is 264 Å². The third kappa shape index (κ3) is 176. The molecule has 0 spiro atoms. The SMILES string of the molecule is C1CCNCC1.C1CCOCC1.C1CCSCC1.C1CNOC1.C1COCCN1.C1COCCO1.C1COCOC1.CC.CC.CC.CC.CC.CC.CC.CC.CC.CC.CC.CC.CC.CC. The van der Waals surface area contributed by atoms with Gasteiger partial charge in [0.15, 0.2) is 0 Å². The molecule has 10 nitrogen and oxygen atoms in total. The fourth-order valence-electron chi connectivity index (χ4n) is 3.93. The highest BCUT2D eigenvalue weighted by Crippen LogP contribution is 2.15. The zero-order valence-electron chi connectivity index (χ0n) is 54.0. The molecule has 69 heavy (non-hydrogen) atoms. The summed E-state index contributed by atoms with van der Waals surface area (Å²) in [6.07, 6.45) is 14.8. The van der Waals surface area contributed by atoms with Gasteiger partial charge in [-0.3, -0.25) is 0 Å². The largest absolute Gasteiger partial charge is 0.381 e. The summed E-state index contributed by atoms with van der Waals surface area (Å²) < 4.78 is 29.7. The number of thioether (sulfide) groups is 1. The Hall–Kier alpha value is -0.0500. The van der Waals surface area contributed by atoms with Crippen molar-refractivity contribution in [3.8, 4) is 0 Å². The summed E-state index contributed by atoms with van der Waals surface area (Å²) in [6.45, 7) is 71.6. The summed E-state index contributed by atoms with van der Waals surface area (Å²) in [4.78, 5) is 4.69. The van der Waals surface area contributed by atoms with Crippen molar-refractivity contribution < 1.29 is 33.3 Å². The zero-order valence-corrected chi connectivity index (χ0v) is 54.8. The molecule has 442 valence electrons. The van der Waals surface area contributed by atoms with Crippen molar-refractivity contribution in [3.63, 3.8) is 0 Å². The maximum Gasteiger partial charge on any atom is 0.146 e. The molecule has 7 fully saturated rings. The van der Waals surface area contributed by atoms with Crippen LogP contribution in [0.4, 0.5) is 0 Å². The van der Waals surface area contributed by atoms with Crippen LogP contribution >= 0.6 is 11.8 Å². The lowest BCUT2D eigenvalue weighted by atomic mass is 10.2. The fraction of sp³-hybridized carbons (Fsp3) is 1.00. The Kier molecular flexibility index (Phi) is 278. The maximum atomic E-state index is 5.07. The molecular weight excluding hydrogens is 883 g/mol. The Labute approximate surface area is 447 Å². The van der Waals surface area contributed by atoms with Gasteiger partial charge in [-0.2, -0.15) is 11.8 Å². The van der Waals surface area contributed by atoms with Gasteiger partial charge in [-0.15, -0.1) is 0 Å². The molecule has 0 aliphatic carbocycles. The molecule has 0 aromatic heterocycles.